The summed E-state index contributed by atoms with van der Waals surface area (Å²) >= 11 is 0. The van der Waals surface area contributed by atoms with Crippen LogP contribution < -0.4 is 10.2 Å². The van der Waals surface area contributed by atoms with Gasteiger partial charge in [0.05, 0.1) is 5.56 Å². The maximum atomic E-state index is 13.0. The Balaban J connectivity index is 1.89. The third-order valence-corrected chi connectivity index (χ3v) is 4.42. The lowest BCUT2D eigenvalue weighted by Gasteiger charge is -2.35. The Morgan fingerprint density at radius 3 is 2.54 bits per heavy atom. The SMILES string of the molecule is N#Cc1ccc(N(Cc2cccc(C(F)(F)F)c2)C2CCNCC2)nn1. The largest absolute Gasteiger partial charge is 0.416 e. The Morgan fingerprint density at radius 2 is 1.92 bits per heavy atom. The van der Waals surface area contributed by atoms with Crippen molar-refractivity contribution in [3.8, 4) is 6.07 Å². The first-order chi connectivity index (χ1) is 12.5. The van der Waals surface area contributed by atoms with Gasteiger partial charge in [0.15, 0.2) is 11.5 Å². The highest BCUT2D eigenvalue weighted by Gasteiger charge is 2.31. The standard InChI is InChI=1S/C18H18F3N5/c19-18(20,21)14-3-1-2-13(10-14)12-26(16-6-8-23-9-7-16)17-5-4-15(11-22)24-25-17/h1-5,10,16,23H,6-9,12H2. The van der Waals surface area contributed by atoms with Gasteiger partial charge < -0.3 is 10.2 Å². The maximum absolute atomic E-state index is 13.0. The molecule has 0 spiro atoms. The minimum Gasteiger partial charge on any atom is -0.348 e. The van der Waals surface area contributed by atoms with E-state index in [1.54, 1.807) is 18.2 Å². The molecule has 1 aliphatic rings. The second-order valence-electron chi connectivity index (χ2n) is 6.20. The minimum atomic E-state index is -4.37. The number of anilines is 1. The van der Waals surface area contributed by atoms with Crippen LogP contribution >= 0.6 is 0 Å². The summed E-state index contributed by atoms with van der Waals surface area (Å²) in [7, 11) is 0. The van der Waals surface area contributed by atoms with Gasteiger partial charge in [-0.1, -0.05) is 12.1 Å². The molecule has 0 radical (unpaired) electrons. The van der Waals surface area contributed by atoms with Crippen LogP contribution in [0.4, 0.5) is 19.0 Å². The van der Waals surface area contributed by atoms with E-state index < -0.39 is 11.7 Å². The Kier molecular flexibility index (Phi) is 5.38. The number of rotatable bonds is 4. The van der Waals surface area contributed by atoms with Crippen LogP contribution in [0, 0.1) is 11.3 Å². The number of nitrogens with zero attached hydrogens (tertiary/aromatic N) is 4. The number of aromatic nitrogens is 2. The van der Waals surface area contributed by atoms with E-state index >= 15 is 0 Å². The smallest absolute Gasteiger partial charge is 0.348 e. The van der Waals surface area contributed by atoms with Crippen LogP contribution in [0.3, 0.4) is 0 Å². The average molecular weight is 361 g/mol. The molecule has 136 valence electrons. The zero-order valence-electron chi connectivity index (χ0n) is 14.0. The number of halogens is 3. The predicted octanol–water partition coefficient (Wildman–Crippen LogP) is 3.13. The maximum Gasteiger partial charge on any atom is 0.416 e. The van der Waals surface area contributed by atoms with Crippen molar-refractivity contribution < 1.29 is 13.2 Å². The average Bonchev–Trinajstić information content (AvgIpc) is 2.66. The van der Waals surface area contributed by atoms with E-state index in [0.717, 1.165) is 32.0 Å². The van der Waals surface area contributed by atoms with Crippen LogP contribution in [0.15, 0.2) is 36.4 Å². The molecule has 26 heavy (non-hydrogen) atoms. The lowest BCUT2D eigenvalue weighted by Crippen LogP contribution is -2.43. The van der Waals surface area contributed by atoms with Crippen LogP contribution in [-0.4, -0.2) is 29.3 Å². The van der Waals surface area contributed by atoms with Crippen LogP contribution in [0.2, 0.25) is 0 Å². The first-order valence-corrected chi connectivity index (χ1v) is 8.35. The number of nitriles is 1. The second-order valence-corrected chi connectivity index (χ2v) is 6.20. The molecule has 0 bridgehead atoms. The fraction of sp³-hybridized carbons (Fsp3) is 0.389. The number of nitrogens with one attached hydrogen (secondary N) is 1. The molecular weight excluding hydrogens is 343 g/mol. The predicted molar refractivity (Wildman–Crippen MR) is 90.3 cm³/mol. The fourth-order valence-corrected chi connectivity index (χ4v) is 3.10. The van der Waals surface area contributed by atoms with Crippen LogP contribution in [0.5, 0.6) is 0 Å². The normalized spacial score (nSPS) is 15.5. The van der Waals surface area contributed by atoms with Crippen molar-refractivity contribution in [1.82, 2.24) is 15.5 Å². The molecule has 8 heteroatoms. The molecule has 1 aliphatic heterocycles. The lowest BCUT2D eigenvalue weighted by atomic mass is 10.0. The molecular formula is C18H18F3N5. The van der Waals surface area contributed by atoms with Gasteiger partial charge in [0.1, 0.15) is 6.07 Å². The Morgan fingerprint density at radius 1 is 1.15 bits per heavy atom. The van der Waals surface area contributed by atoms with E-state index in [9.17, 15) is 13.2 Å². The summed E-state index contributed by atoms with van der Waals surface area (Å²) in [6.07, 6.45) is -2.65. The molecule has 5 nitrogen and oxygen atoms in total. The summed E-state index contributed by atoms with van der Waals surface area (Å²) in [5.74, 6) is 0.563. The zero-order chi connectivity index (χ0) is 18.6. The minimum absolute atomic E-state index is 0.146. The van der Waals surface area contributed by atoms with Crippen molar-refractivity contribution in [1.29, 1.82) is 5.26 Å². The Hall–Kier alpha value is -2.66. The highest BCUT2D eigenvalue weighted by atomic mass is 19.4. The molecule has 1 aromatic heterocycles. The lowest BCUT2D eigenvalue weighted by molar-refractivity contribution is -0.137. The summed E-state index contributed by atoms with van der Waals surface area (Å²) in [6.45, 7) is 1.98. The topological polar surface area (TPSA) is 64.8 Å². The van der Waals surface area contributed by atoms with Gasteiger partial charge in [0.25, 0.3) is 0 Å². The molecule has 1 aromatic carbocycles. The molecule has 1 fully saturated rings. The van der Waals surface area contributed by atoms with Crippen LogP contribution in [-0.2, 0) is 12.7 Å². The second kappa shape index (κ2) is 7.70. The summed E-state index contributed by atoms with van der Waals surface area (Å²) < 4.78 is 39.0. The first kappa shape index (κ1) is 18.1. The number of piperidine rings is 1. The highest BCUT2D eigenvalue weighted by molar-refractivity contribution is 5.42. The van der Waals surface area contributed by atoms with Gasteiger partial charge in [-0.25, -0.2) is 0 Å². The van der Waals surface area contributed by atoms with Gasteiger partial charge in [0.2, 0.25) is 0 Å². The van der Waals surface area contributed by atoms with E-state index in [1.165, 1.54) is 12.1 Å². The third kappa shape index (κ3) is 4.29. The monoisotopic (exact) mass is 361 g/mol. The van der Waals surface area contributed by atoms with Crippen molar-refractivity contribution in [3.63, 3.8) is 0 Å². The molecule has 2 aromatic rings. The number of alkyl halides is 3. The summed E-state index contributed by atoms with van der Waals surface area (Å²) in [6, 6.07) is 10.7. The first-order valence-electron chi connectivity index (χ1n) is 8.35. The molecule has 0 atom stereocenters. The van der Waals surface area contributed by atoms with Crippen molar-refractivity contribution in [3.05, 3.63) is 53.2 Å². The number of hydrogen-bond donors (Lipinski definition) is 1. The van der Waals surface area contributed by atoms with Gasteiger partial charge in [0, 0.05) is 12.6 Å². The van der Waals surface area contributed by atoms with Crippen LogP contribution in [0.25, 0.3) is 0 Å². The Labute approximate surface area is 149 Å². The zero-order valence-corrected chi connectivity index (χ0v) is 14.0. The molecule has 1 N–H and O–H groups in total. The quantitative estimate of drug-likeness (QED) is 0.906. The van der Waals surface area contributed by atoms with E-state index in [0.29, 0.717) is 17.9 Å². The number of benzene rings is 1. The molecule has 0 saturated carbocycles. The van der Waals surface area contributed by atoms with Gasteiger partial charge in [-0.3, -0.25) is 0 Å². The van der Waals surface area contributed by atoms with E-state index in [4.69, 9.17) is 5.26 Å². The molecule has 0 aliphatic carbocycles. The van der Waals surface area contributed by atoms with Crippen molar-refractivity contribution in [2.75, 3.05) is 18.0 Å². The van der Waals surface area contributed by atoms with Crippen molar-refractivity contribution in [2.24, 2.45) is 0 Å². The van der Waals surface area contributed by atoms with Gasteiger partial charge in [-0.05, 0) is 55.8 Å². The highest BCUT2D eigenvalue weighted by Crippen LogP contribution is 2.30. The van der Waals surface area contributed by atoms with E-state index in [1.807, 2.05) is 11.0 Å². The Bertz CT molecular complexity index is 777. The summed E-state index contributed by atoms with van der Waals surface area (Å²) in [5.41, 5.74) is 0.105. The van der Waals surface area contributed by atoms with Crippen LogP contribution in [0.1, 0.15) is 29.7 Å². The summed E-state index contributed by atoms with van der Waals surface area (Å²) in [5, 5.41) is 20.1. The molecule has 2 heterocycles. The van der Waals surface area contributed by atoms with Gasteiger partial charge in [-0.2, -0.15) is 18.4 Å². The van der Waals surface area contributed by atoms with Crippen molar-refractivity contribution in [2.45, 2.75) is 31.6 Å². The van der Waals surface area contributed by atoms with Gasteiger partial charge in [-0.15, -0.1) is 10.2 Å². The molecule has 0 amide bonds. The fourth-order valence-electron chi connectivity index (χ4n) is 3.10. The summed E-state index contributed by atoms with van der Waals surface area (Å²) in [4.78, 5) is 1.98. The van der Waals surface area contributed by atoms with Crippen molar-refractivity contribution >= 4 is 5.82 Å². The molecule has 1 saturated heterocycles. The van der Waals surface area contributed by atoms with Gasteiger partial charge >= 0.3 is 6.18 Å². The van der Waals surface area contributed by atoms with E-state index in [-0.39, 0.29) is 11.7 Å². The van der Waals surface area contributed by atoms with E-state index in [2.05, 4.69) is 15.5 Å². The molecule has 3 rings (SSSR count). The number of hydrogen-bond acceptors (Lipinski definition) is 5. The molecule has 0 unspecified atom stereocenters. The third-order valence-electron chi connectivity index (χ3n) is 4.42.